The molecule has 0 saturated heterocycles. The van der Waals surface area contributed by atoms with Crippen LogP contribution in [-0.2, 0) is 20.0 Å². The van der Waals surface area contributed by atoms with Crippen molar-refractivity contribution in [1.82, 2.24) is 14.9 Å². The highest BCUT2D eigenvalue weighted by atomic mass is 32.2. The molecule has 10 heteroatoms. The number of nitrogens with one attached hydrogen (secondary N) is 2. The fraction of sp³-hybridized carbons (Fsp3) is 0.400. The maximum atomic E-state index is 11.4. The van der Waals surface area contributed by atoms with Gasteiger partial charge < -0.3 is 0 Å². The molecule has 0 atom stereocenters. The van der Waals surface area contributed by atoms with Crippen LogP contribution >= 0.6 is 0 Å². The van der Waals surface area contributed by atoms with Gasteiger partial charge in [-0.3, -0.25) is 5.10 Å². The lowest BCUT2D eigenvalue weighted by Gasteiger charge is -2.02. The van der Waals surface area contributed by atoms with E-state index in [1.807, 2.05) is 0 Å². The Labute approximate surface area is 87.0 Å². The molecule has 0 aliphatic carbocycles. The second-order valence-electron chi connectivity index (χ2n) is 2.70. The molecule has 0 aromatic carbocycles. The third-order valence-corrected chi connectivity index (χ3v) is 3.66. The number of hydrogen-bond acceptors (Lipinski definition) is 5. The minimum absolute atomic E-state index is 0.0584. The van der Waals surface area contributed by atoms with Gasteiger partial charge in [-0.25, -0.2) is 26.7 Å². The molecular weight excluding hydrogens is 244 g/mol. The number of H-pyrrole nitrogens is 1. The fourth-order valence-electron chi connectivity index (χ4n) is 0.788. The minimum atomic E-state index is -3.70. The minimum Gasteiger partial charge on any atom is -0.284 e. The number of nitrogens with zero attached hydrogens (tertiary/aromatic N) is 1. The van der Waals surface area contributed by atoms with Gasteiger partial charge in [0.05, 0.1) is 11.9 Å². The summed E-state index contributed by atoms with van der Waals surface area (Å²) in [5, 5.41) is 10.5. The Morgan fingerprint density at radius 1 is 1.40 bits per heavy atom. The highest BCUT2D eigenvalue weighted by molar-refractivity contribution is 7.90. The Balaban J connectivity index is 2.60. The van der Waals surface area contributed by atoms with Crippen LogP contribution in [0.3, 0.4) is 0 Å². The van der Waals surface area contributed by atoms with E-state index in [0.717, 1.165) is 6.20 Å². The van der Waals surface area contributed by atoms with Gasteiger partial charge in [0.1, 0.15) is 4.90 Å². The third kappa shape index (κ3) is 3.95. The van der Waals surface area contributed by atoms with Gasteiger partial charge in [-0.1, -0.05) is 0 Å². The number of rotatable bonds is 5. The van der Waals surface area contributed by atoms with Gasteiger partial charge in [0.25, 0.3) is 0 Å². The van der Waals surface area contributed by atoms with E-state index in [2.05, 4.69) is 14.9 Å². The highest BCUT2D eigenvalue weighted by Gasteiger charge is 2.15. The monoisotopic (exact) mass is 254 g/mol. The summed E-state index contributed by atoms with van der Waals surface area (Å²) in [6.07, 6.45) is 2.29. The van der Waals surface area contributed by atoms with E-state index in [0.29, 0.717) is 0 Å². The highest BCUT2D eigenvalue weighted by Crippen LogP contribution is 2.03. The molecule has 0 saturated carbocycles. The number of aromatic amines is 1. The lowest BCUT2D eigenvalue weighted by atomic mass is 10.7. The first-order chi connectivity index (χ1) is 6.81. The first-order valence-corrected chi connectivity index (χ1v) is 7.00. The normalized spacial score (nSPS) is 12.9. The lowest BCUT2D eigenvalue weighted by molar-refractivity contribution is 0.581. The Morgan fingerprint density at radius 2 is 2.07 bits per heavy atom. The van der Waals surface area contributed by atoms with Crippen molar-refractivity contribution in [3.63, 3.8) is 0 Å². The summed E-state index contributed by atoms with van der Waals surface area (Å²) in [5.41, 5.74) is 0. The zero-order valence-electron chi connectivity index (χ0n) is 7.54. The maximum Gasteiger partial charge on any atom is 0.243 e. The SMILES string of the molecule is NS(=O)(=O)CCNS(=O)(=O)c1cn[nH]c1. The lowest BCUT2D eigenvalue weighted by Crippen LogP contribution is -2.31. The zero-order chi connectivity index (χ0) is 11.5. The molecule has 0 radical (unpaired) electrons. The first kappa shape index (κ1) is 12.1. The topological polar surface area (TPSA) is 135 Å². The molecule has 0 unspecified atom stereocenters. The molecule has 0 aliphatic heterocycles. The zero-order valence-corrected chi connectivity index (χ0v) is 9.18. The Kier molecular flexibility index (Phi) is 3.44. The third-order valence-electron chi connectivity index (χ3n) is 1.46. The van der Waals surface area contributed by atoms with Crippen LogP contribution in [0, 0.1) is 0 Å². The molecule has 86 valence electrons. The summed E-state index contributed by atoms with van der Waals surface area (Å²) < 4.78 is 45.9. The van der Waals surface area contributed by atoms with E-state index in [9.17, 15) is 16.8 Å². The molecule has 0 spiro atoms. The van der Waals surface area contributed by atoms with E-state index in [1.54, 1.807) is 0 Å². The summed E-state index contributed by atoms with van der Waals surface area (Å²) in [7, 11) is -7.37. The summed E-state index contributed by atoms with van der Waals surface area (Å²) in [4.78, 5) is -0.0584. The molecule has 4 N–H and O–H groups in total. The number of hydrogen-bond donors (Lipinski definition) is 3. The van der Waals surface area contributed by atoms with E-state index in [-0.39, 0.29) is 11.4 Å². The number of sulfonamides is 2. The Bertz CT molecular complexity index is 503. The molecule has 1 aromatic rings. The molecular formula is C5H10N4O4S2. The van der Waals surface area contributed by atoms with Crippen LogP contribution in [0.1, 0.15) is 0 Å². The van der Waals surface area contributed by atoms with Gasteiger partial charge in [0.15, 0.2) is 0 Å². The molecule has 0 bridgehead atoms. The van der Waals surface area contributed by atoms with Crippen molar-refractivity contribution >= 4 is 20.0 Å². The van der Waals surface area contributed by atoms with E-state index >= 15 is 0 Å². The maximum absolute atomic E-state index is 11.4. The second-order valence-corrected chi connectivity index (χ2v) is 6.20. The largest absolute Gasteiger partial charge is 0.284 e. The average molecular weight is 254 g/mol. The van der Waals surface area contributed by atoms with Crippen molar-refractivity contribution in [2.75, 3.05) is 12.3 Å². The van der Waals surface area contributed by atoms with E-state index < -0.39 is 25.8 Å². The summed E-state index contributed by atoms with van der Waals surface area (Å²) in [6, 6.07) is 0. The predicted molar refractivity (Wildman–Crippen MR) is 51.8 cm³/mol. The van der Waals surface area contributed by atoms with Gasteiger partial charge >= 0.3 is 0 Å². The van der Waals surface area contributed by atoms with Crippen LogP contribution in [0.4, 0.5) is 0 Å². The van der Waals surface area contributed by atoms with Gasteiger partial charge in [0.2, 0.25) is 20.0 Å². The predicted octanol–water partition coefficient (Wildman–Crippen LogP) is -2.02. The smallest absolute Gasteiger partial charge is 0.243 e. The van der Waals surface area contributed by atoms with Crippen molar-refractivity contribution < 1.29 is 16.8 Å². The standard InChI is InChI=1S/C5H10N4O4S2/c6-14(10,11)2-1-9-15(12,13)5-3-7-8-4-5/h3-4,9H,1-2H2,(H,7,8)(H2,6,10,11). The van der Waals surface area contributed by atoms with Crippen molar-refractivity contribution in [3.05, 3.63) is 12.4 Å². The Hall–Kier alpha value is -0.970. The molecule has 15 heavy (non-hydrogen) atoms. The molecule has 0 fully saturated rings. The van der Waals surface area contributed by atoms with Gasteiger partial charge in [0, 0.05) is 12.7 Å². The van der Waals surface area contributed by atoms with Crippen LogP contribution in [0.15, 0.2) is 17.3 Å². The van der Waals surface area contributed by atoms with E-state index in [1.165, 1.54) is 6.20 Å². The quantitative estimate of drug-likeness (QED) is 0.557. The number of aromatic nitrogens is 2. The fourth-order valence-corrected chi connectivity index (χ4v) is 2.24. The van der Waals surface area contributed by atoms with Crippen molar-refractivity contribution in [3.8, 4) is 0 Å². The molecule has 1 heterocycles. The van der Waals surface area contributed by atoms with E-state index in [4.69, 9.17) is 5.14 Å². The van der Waals surface area contributed by atoms with Crippen molar-refractivity contribution in [1.29, 1.82) is 0 Å². The molecule has 8 nitrogen and oxygen atoms in total. The second kappa shape index (κ2) is 4.26. The summed E-state index contributed by atoms with van der Waals surface area (Å²) in [6.45, 7) is -0.271. The average Bonchev–Trinajstić information content (AvgIpc) is 2.52. The molecule has 0 amide bonds. The van der Waals surface area contributed by atoms with Crippen LogP contribution in [0.5, 0.6) is 0 Å². The van der Waals surface area contributed by atoms with Crippen LogP contribution < -0.4 is 9.86 Å². The van der Waals surface area contributed by atoms with Crippen LogP contribution in [0.2, 0.25) is 0 Å². The Morgan fingerprint density at radius 3 is 2.53 bits per heavy atom. The summed E-state index contributed by atoms with van der Waals surface area (Å²) in [5.74, 6) is -0.454. The molecule has 1 rings (SSSR count). The summed E-state index contributed by atoms with van der Waals surface area (Å²) >= 11 is 0. The molecule has 0 aliphatic rings. The molecule has 1 aromatic heterocycles. The van der Waals surface area contributed by atoms with Gasteiger partial charge in [-0.2, -0.15) is 5.10 Å². The number of nitrogens with two attached hydrogens (primary N) is 1. The van der Waals surface area contributed by atoms with Crippen LogP contribution in [-0.4, -0.2) is 39.3 Å². The van der Waals surface area contributed by atoms with Crippen LogP contribution in [0.25, 0.3) is 0 Å². The van der Waals surface area contributed by atoms with Gasteiger partial charge in [-0.15, -0.1) is 0 Å². The van der Waals surface area contributed by atoms with Crippen molar-refractivity contribution in [2.24, 2.45) is 5.14 Å². The van der Waals surface area contributed by atoms with Gasteiger partial charge in [-0.05, 0) is 0 Å². The first-order valence-electron chi connectivity index (χ1n) is 3.80. The number of primary sulfonamides is 1. The van der Waals surface area contributed by atoms with Crippen molar-refractivity contribution in [2.45, 2.75) is 4.90 Å².